The monoisotopic (exact) mass is 331 g/mol. The summed E-state index contributed by atoms with van der Waals surface area (Å²) in [5, 5.41) is 4.66. The highest BCUT2D eigenvalue weighted by Gasteiger charge is 2.15. The van der Waals surface area contributed by atoms with Crippen molar-refractivity contribution in [2.75, 3.05) is 32.5 Å². The highest BCUT2D eigenvalue weighted by Crippen LogP contribution is 2.19. The van der Waals surface area contributed by atoms with Gasteiger partial charge in [0.15, 0.2) is 0 Å². The molecule has 0 aliphatic heterocycles. The van der Waals surface area contributed by atoms with Crippen LogP contribution in [-0.2, 0) is 9.59 Å². The molecule has 0 bridgehead atoms. The van der Waals surface area contributed by atoms with E-state index in [0.29, 0.717) is 17.6 Å². The van der Waals surface area contributed by atoms with Crippen molar-refractivity contribution in [3.8, 4) is 0 Å². The lowest BCUT2D eigenvalue weighted by Crippen LogP contribution is -2.38. The van der Waals surface area contributed by atoms with Crippen LogP contribution in [0.4, 0.5) is 10.1 Å². The van der Waals surface area contributed by atoms with Gasteiger partial charge in [0.05, 0.1) is 5.69 Å². The SMILES string of the molecule is CN(C)CCNC(=O)C(=O)Nc1cc(Br)ccc1F. The molecule has 0 aliphatic rings. The van der Waals surface area contributed by atoms with Crippen molar-refractivity contribution >= 4 is 33.4 Å². The third-order valence-electron chi connectivity index (χ3n) is 2.23. The molecule has 0 spiro atoms. The largest absolute Gasteiger partial charge is 0.347 e. The van der Waals surface area contributed by atoms with E-state index < -0.39 is 17.6 Å². The van der Waals surface area contributed by atoms with Crippen LogP contribution in [-0.4, -0.2) is 43.9 Å². The number of hydrogen-bond acceptors (Lipinski definition) is 3. The topological polar surface area (TPSA) is 61.4 Å². The minimum Gasteiger partial charge on any atom is -0.347 e. The Hall–Kier alpha value is -1.47. The Morgan fingerprint density at radius 2 is 2.00 bits per heavy atom. The van der Waals surface area contributed by atoms with Gasteiger partial charge < -0.3 is 15.5 Å². The smallest absolute Gasteiger partial charge is 0.313 e. The fourth-order valence-corrected chi connectivity index (χ4v) is 1.61. The number of carbonyl (C=O) groups excluding carboxylic acids is 2. The first-order valence-electron chi connectivity index (χ1n) is 5.59. The first-order chi connectivity index (χ1) is 8.90. The van der Waals surface area contributed by atoms with Gasteiger partial charge in [-0.2, -0.15) is 0 Å². The van der Waals surface area contributed by atoms with Crippen molar-refractivity contribution in [2.24, 2.45) is 0 Å². The minimum absolute atomic E-state index is 0.0397. The zero-order valence-corrected chi connectivity index (χ0v) is 12.3. The molecule has 0 saturated heterocycles. The highest BCUT2D eigenvalue weighted by molar-refractivity contribution is 9.10. The Balaban J connectivity index is 2.54. The number of halogens is 2. The Labute approximate surface area is 119 Å². The first-order valence-corrected chi connectivity index (χ1v) is 6.38. The summed E-state index contributed by atoms with van der Waals surface area (Å²) < 4.78 is 14.0. The third-order valence-corrected chi connectivity index (χ3v) is 2.72. The van der Waals surface area contributed by atoms with Gasteiger partial charge in [-0.1, -0.05) is 15.9 Å². The van der Waals surface area contributed by atoms with Crippen LogP contribution in [0.3, 0.4) is 0 Å². The number of nitrogens with zero attached hydrogens (tertiary/aromatic N) is 1. The first kappa shape index (κ1) is 15.6. The van der Waals surface area contributed by atoms with E-state index in [1.807, 2.05) is 19.0 Å². The Morgan fingerprint density at radius 1 is 1.32 bits per heavy atom. The summed E-state index contributed by atoms with van der Waals surface area (Å²) in [4.78, 5) is 24.8. The number of benzene rings is 1. The molecule has 0 saturated carbocycles. The molecule has 0 unspecified atom stereocenters. The molecule has 1 aromatic rings. The number of amides is 2. The fourth-order valence-electron chi connectivity index (χ4n) is 1.25. The van der Waals surface area contributed by atoms with Crippen LogP contribution >= 0.6 is 15.9 Å². The molecule has 1 rings (SSSR count). The van der Waals surface area contributed by atoms with Gasteiger partial charge in [-0.3, -0.25) is 9.59 Å². The van der Waals surface area contributed by atoms with Gasteiger partial charge in [0.2, 0.25) is 0 Å². The van der Waals surface area contributed by atoms with Gasteiger partial charge in [-0.25, -0.2) is 4.39 Å². The maximum atomic E-state index is 13.4. The Kier molecular flexibility index (Phi) is 5.91. The summed E-state index contributed by atoms with van der Waals surface area (Å²) >= 11 is 3.16. The average Bonchev–Trinajstić information content (AvgIpc) is 2.33. The van der Waals surface area contributed by atoms with E-state index in [1.54, 1.807) is 0 Å². The van der Waals surface area contributed by atoms with Crippen molar-refractivity contribution in [1.29, 1.82) is 0 Å². The van der Waals surface area contributed by atoms with E-state index >= 15 is 0 Å². The van der Waals surface area contributed by atoms with Crippen molar-refractivity contribution in [3.63, 3.8) is 0 Å². The average molecular weight is 332 g/mol. The van der Waals surface area contributed by atoms with Gasteiger partial charge >= 0.3 is 11.8 Å². The van der Waals surface area contributed by atoms with Crippen molar-refractivity contribution < 1.29 is 14.0 Å². The van der Waals surface area contributed by atoms with Crippen LogP contribution < -0.4 is 10.6 Å². The van der Waals surface area contributed by atoms with Crippen LogP contribution in [0.15, 0.2) is 22.7 Å². The van der Waals surface area contributed by atoms with E-state index in [9.17, 15) is 14.0 Å². The fraction of sp³-hybridized carbons (Fsp3) is 0.333. The normalized spacial score (nSPS) is 10.4. The number of hydrogen-bond donors (Lipinski definition) is 2. The van der Waals surface area contributed by atoms with Crippen LogP contribution in [0, 0.1) is 5.82 Å². The molecule has 0 aromatic heterocycles. The predicted octanol–water partition coefficient (Wildman–Crippen LogP) is 1.20. The van der Waals surface area contributed by atoms with Crippen LogP contribution in [0.25, 0.3) is 0 Å². The molecule has 0 aliphatic carbocycles. The molecule has 7 heteroatoms. The molecule has 0 radical (unpaired) electrons. The van der Waals surface area contributed by atoms with Crippen molar-refractivity contribution in [1.82, 2.24) is 10.2 Å². The molecule has 2 amide bonds. The van der Waals surface area contributed by atoms with Gasteiger partial charge in [-0.05, 0) is 32.3 Å². The van der Waals surface area contributed by atoms with Crippen LogP contribution in [0.5, 0.6) is 0 Å². The highest BCUT2D eigenvalue weighted by atomic mass is 79.9. The maximum Gasteiger partial charge on any atom is 0.313 e. The Morgan fingerprint density at radius 3 is 2.63 bits per heavy atom. The molecular formula is C12H15BrFN3O2. The quantitative estimate of drug-likeness (QED) is 0.815. The van der Waals surface area contributed by atoms with Gasteiger partial charge in [0.1, 0.15) is 5.82 Å². The summed E-state index contributed by atoms with van der Waals surface area (Å²) in [6, 6.07) is 4.09. The summed E-state index contributed by atoms with van der Waals surface area (Å²) in [5.41, 5.74) is -0.0397. The van der Waals surface area contributed by atoms with E-state index in [0.717, 1.165) is 0 Å². The van der Waals surface area contributed by atoms with Crippen molar-refractivity contribution in [2.45, 2.75) is 0 Å². The maximum absolute atomic E-state index is 13.4. The van der Waals surface area contributed by atoms with Crippen molar-refractivity contribution in [3.05, 3.63) is 28.5 Å². The molecule has 2 N–H and O–H groups in total. The molecule has 5 nitrogen and oxygen atoms in total. The van der Waals surface area contributed by atoms with E-state index in [2.05, 4.69) is 26.6 Å². The number of anilines is 1. The van der Waals surface area contributed by atoms with Gasteiger partial charge in [-0.15, -0.1) is 0 Å². The summed E-state index contributed by atoms with van der Waals surface area (Å²) in [6.45, 7) is 0.963. The van der Waals surface area contributed by atoms with E-state index in [4.69, 9.17) is 0 Å². The number of rotatable bonds is 4. The number of likely N-dealkylation sites (N-methyl/N-ethyl adjacent to an activating group) is 1. The number of carbonyl (C=O) groups is 2. The molecule has 104 valence electrons. The molecule has 0 atom stereocenters. The molecule has 0 fully saturated rings. The lowest BCUT2D eigenvalue weighted by molar-refractivity contribution is -0.136. The zero-order valence-electron chi connectivity index (χ0n) is 10.7. The summed E-state index contributed by atoms with van der Waals surface area (Å²) in [5.74, 6) is -2.28. The van der Waals surface area contributed by atoms with E-state index in [1.165, 1.54) is 18.2 Å². The lowest BCUT2D eigenvalue weighted by Gasteiger charge is -2.10. The third kappa shape index (κ3) is 5.35. The van der Waals surface area contributed by atoms with Crippen LogP contribution in [0.1, 0.15) is 0 Å². The zero-order chi connectivity index (χ0) is 14.4. The van der Waals surface area contributed by atoms with E-state index in [-0.39, 0.29) is 5.69 Å². The molecule has 0 heterocycles. The lowest BCUT2D eigenvalue weighted by atomic mass is 10.3. The second kappa shape index (κ2) is 7.20. The van der Waals surface area contributed by atoms with Crippen LogP contribution in [0.2, 0.25) is 0 Å². The Bertz CT molecular complexity index is 480. The molecular weight excluding hydrogens is 317 g/mol. The molecule has 19 heavy (non-hydrogen) atoms. The second-order valence-electron chi connectivity index (χ2n) is 4.14. The second-order valence-corrected chi connectivity index (χ2v) is 5.05. The predicted molar refractivity (Wildman–Crippen MR) is 74.3 cm³/mol. The summed E-state index contributed by atoms with van der Waals surface area (Å²) in [6.07, 6.45) is 0. The standard InChI is InChI=1S/C12H15BrFN3O2/c1-17(2)6-5-15-11(18)12(19)16-10-7-8(13)3-4-9(10)14/h3-4,7H,5-6H2,1-2H3,(H,15,18)(H,16,19). The minimum atomic E-state index is -0.893. The summed E-state index contributed by atoms with van der Waals surface area (Å²) in [7, 11) is 3.70. The van der Waals surface area contributed by atoms with Gasteiger partial charge in [0.25, 0.3) is 0 Å². The molecule has 1 aromatic carbocycles. The van der Waals surface area contributed by atoms with Gasteiger partial charge in [0, 0.05) is 17.6 Å². The number of nitrogens with one attached hydrogen (secondary N) is 2.